The van der Waals surface area contributed by atoms with Crippen molar-refractivity contribution in [1.82, 2.24) is 23.6 Å². The molecular formula is C69H45N7. The topological polar surface area (TPSA) is 56.5 Å². The molecule has 1 aliphatic rings. The van der Waals surface area contributed by atoms with Crippen molar-refractivity contribution in [3.63, 3.8) is 0 Å². The fourth-order valence-corrected chi connectivity index (χ4v) is 12.2. The van der Waals surface area contributed by atoms with Gasteiger partial charge in [-0.25, -0.2) is 9.98 Å². The molecule has 4 aromatic heterocycles. The van der Waals surface area contributed by atoms with E-state index in [2.05, 4.69) is 284 Å². The van der Waals surface area contributed by atoms with Gasteiger partial charge < -0.3 is 23.6 Å². The Labute approximate surface area is 436 Å². The van der Waals surface area contributed by atoms with Crippen molar-refractivity contribution < 1.29 is 0 Å². The van der Waals surface area contributed by atoms with Crippen LogP contribution in [0.1, 0.15) is 22.9 Å². The van der Waals surface area contributed by atoms with Gasteiger partial charge in [0.05, 0.1) is 44.1 Å². The fraction of sp³-hybridized carbons (Fsp3) is 0.0145. The van der Waals surface area contributed by atoms with Crippen LogP contribution >= 0.6 is 0 Å². The van der Waals surface area contributed by atoms with Crippen LogP contribution in [0.2, 0.25) is 0 Å². The summed E-state index contributed by atoms with van der Waals surface area (Å²) in [6.07, 6.45) is -0.372. The third-order valence-electron chi connectivity index (χ3n) is 15.6. The summed E-state index contributed by atoms with van der Waals surface area (Å²) in [4.78, 5) is 10.8. The first kappa shape index (κ1) is 42.3. The Bertz CT molecular complexity index is 4900. The molecule has 7 heteroatoms. The van der Waals surface area contributed by atoms with Crippen LogP contribution in [0.5, 0.6) is 0 Å². The lowest BCUT2D eigenvalue weighted by Gasteiger charge is -2.24. The number of para-hydroxylation sites is 6. The average Bonchev–Trinajstić information content (AvgIpc) is 4.32. The number of rotatable bonds is 7. The molecular weight excluding hydrogens is 927 g/mol. The van der Waals surface area contributed by atoms with Crippen LogP contribution in [0.3, 0.4) is 0 Å². The number of amidine groups is 2. The Morgan fingerprint density at radius 2 is 0.618 bits per heavy atom. The minimum absolute atomic E-state index is 0.372. The first-order valence-electron chi connectivity index (χ1n) is 25.9. The van der Waals surface area contributed by atoms with Crippen LogP contribution in [0.4, 0.5) is 0 Å². The van der Waals surface area contributed by atoms with Crippen molar-refractivity contribution in [2.24, 2.45) is 9.98 Å². The maximum atomic E-state index is 5.44. The van der Waals surface area contributed by atoms with Crippen LogP contribution in [-0.4, -0.2) is 29.9 Å². The molecule has 0 aliphatic carbocycles. The zero-order valence-electron chi connectivity index (χ0n) is 41.1. The molecule has 0 spiro atoms. The summed E-state index contributed by atoms with van der Waals surface area (Å²) in [7, 11) is 0. The molecule has 15 aromatic rings. The number of nitrogens with zero attached hydrogens (tertiary/aromatic N) is 6. The number of aliphatic imine (C=N–C) groups is 2. The average molecular weight is 972 g/mol. The largest absolute Gasteiger partial charge is 0.344 e. The molecule has 0 saturated heterocycles. The molecule has 7 nitrogen and oxygen atoms in total. The minimum Gasteiger partial charge on any atom is -0.344 e. The summed E-state index contributed by atoms with van der Waals surface area (Å²) in [6.45, 7) is 0. The highest BCUT2D eigenvalue weighted by molar-refractivity contribution is 6.21. The van der Waals surface area contributed by atoms with Crippen molar-refractivity contribution in [1.29, 1.82) is 0 Å². The van der Waals surface area contributed by atoms with Gasteiger partial charge in [-0.05, 0) is 103 Å². The maximum absolute atomic E-state index is 5.44. The maximum Gasteiger partial charge on any atom is 0.159 e. The van der Waals surface area contributed by atoms with Gasteiger partial charge in [0.1, 0.15) is 12.0 Å². The fourth-order valence-electron chi connectivity index (χ4n) is 12.2. The van der Waals surface area contributed by atoms with Crippen LogP contribution < -0.4 is 5.32 Å². The first-order valence-corrected chi connectivity index (χ1v) is 25.9. The number of hydrogen-bond acceptors (Lipinski definition) is 3. The molecule has 5 heterocycles. The highest BCUT2D eigenvalue weighted by Crippen LogP contribution is 2.42. The Balaban J connectivity index is 0.851. The molecule has 0 radical (unpaired) electrons. The second kappa shape index (κ2) is 16.6. The van der Waals surface area contributed by atoms with Crippen LogP contribution in [0.15, 0.2) is 271 Å². The van der Waals surface area contributed by atoms with E-state index in [1.165, 1.54) is 65.2 Å². The van der Waals surface area contributed by atoms with Crippen LogP contribution in [-0.2, 0) is 0 Å². The van der Waals surface area contributed by atoms with E-state index in [1.807, 2.05) is 0 Å². The molecule has 16 rings (SSSR count). The molecule has 11 aromatic carbocycles. The van der Waals surface area contributed by atoms with Gasteiger partial charge in [-0.3, -0.25) is 0 Å². The van der Waals surface area contributed by atoms with Gasteiger partial charge in [-0.1, -0.05) is 164 Å². The molecule has 1 unspecified atom stereocenters. The zero-order valence-corrected chi connectivity index (χ0v) is 41.1. The minimum atomic E-state index is -0.372. The Hall–Kier alpha value is -10.2. The number of benzene rings is 11. The summed E-state index contributed by atoms with van der Waals surface area (Å²) in [5.41, 5.74) is 16.6. The first-order chi connectivity index (χ1) is 37.7. The number of hydrogen-bond donors (Lipinski definition) is 1. The zero-order chi connectivity index (χ0) is 49.8. The van der Waals surface area contributed by atoms with E-state index in [1.54, 1.807) is 0 Å². The molecule has 76 heavy (non-hydrogen) atoms. The van der Waals surface area contributed by atoms with Gasteiger partial charge in [0.25, 0.3) is 0 Å². The number of fused-ring (bicyclic) bond motifs is 12. The van der Waals surface area contributed by atoms with Crippen molar-refractivity contribution >= 4 is 98.9 Å². The standard InChI is InChI=1S/C69H45N7/c1-4-20-44(21-5-1)67-70-68(45-22-18-28-49(38-45)75-61-36-16-12-32-53(61)57-40-63-55(42-65(57)75)51-30-10-14-34-59(51)73(63)47-24-6-2-7-25-47)72-69(71-67)46-23-19-29-50(39-46)76-62-37-17-13-33-54(62)58-41-64-56(43-66(58)76)52-31-11-15-35-60(52)74(64)48-26-8-3-9-27-48/h1-43,67H,(H,70,71,72). The van der Waals surface area contributed by atoms with E-state index in [-0.39, 0.29) is 6.17 Å². The van der Waals surface area contributed by atoms with Crippen molar-refractivity contribution in [3.05, 3.63) is 278 Å². The van der Waals surface area contributed by atoms with Crippen LogP contribution in [0, 0.1) is 0 Å². The van der Waals surface area contributed by atoms with Crippen molar-refractivity contribution in [2.45, 2.75) is 6.17 Å². The number of aromatic nitrogens is 4. The van der Waals surface area contributed by atoms with E-state index in [4.69, 9.17) is 9.98 Å². The second-order valence-electron chi connectivity index (χ2n) is 19.8. The quantitative estimate of drug-likeness (QED) is 0.170. The summed E-state index contributed by atoms with van der Waals surface area (Å²) in [5, 5.41) is 13.4. The molecule has 356 valence electrons. The van der Waals surface area contributed by atoms with Crippen LogP contribution in [0.25, 0.3) is 110 Å². The molecule has 0 fully saturated rings. The van der Waals surface area contributed by atoms with E-state index in [0.717, 1.165) is 67.3 Å². The van der Waals surface area contributed by atoms with E-state index >= 15 is 0 Å². The lowest BCUT2D eigenvalue weighted by molar-refractivity contribution is 0.674. The third-order valence-corrected chi connectivity index (χ3v) is 15.6. The van der Waals surface area contributed by atoms with Crippen molar-refractivity contribution in [2.75, 3.05) is 0 Å². The third kappa shape index (κ3) is 6.42. The van der Waals surface area contributed by atoms with Gasteiger partial charge in [-0.15, -0.1) is 0 Å². The second-order valence-corrected chi connectivity index (χ2v) is 19.8. The lowest BCUT2D eigenvalue weighted by atomic mass is 10.1. The Morgan fingerprint density at radius 3 is 1.05 bits per heavy atom. The monoisotopic (exact) mass is 971 g/mol. The van der Waals surface area contributed by atoms with Gasteiger partial charge in [0.15, 0.2) is 5.84 Å². The molecule has 0 saturated carbocycles. The predicted molar refractivity (Wildman–Crippen MR) is 316 cm³/mol. The predicted octanol–water partition coefficient (Wildman–Crippen LogP) is 16.6. The van der Waals surface area contributed by atoms with Crippen molar-refractivity contribution in [3.8, 4) is 22.7 Å². The molecule has 0 amide bonds. The molecule has 0 bridgehead atoms. The van der Waals surface area contributed by atoms with E-state index in [9.17, 15) is 0 Å². The smallest absolute Gasteiger partial charge is 0.159 e. The van der Waals surface area contributed by atoms with E-state index < -0.39 is 0 Å². The van der Waals surface area contributed by atoms with Gasteiger partial charge in [0, 0.05) is 77.0 Å². The van der Waals surface area contributed by atoms with Gasteiger partial charge in [-0.2, -0.15) is 0 Å². The van der Waals surface area contributed by atoms with Gasteiger partial charge in [0.2, 0.25) is 0 Å². The highest BCUT2D eigenvalue weighted by atomic mass is 15.2. The molecule has 1 atom stereocenters. The Kier molecular flexibility index (Phi) is 9.26. The summed E-state index contributed by atoms with van der Waals surface area (Å²) < 4.78 is 9.62. The Morgan fingerprint density at radius 1 is 0.276 bits per heavy atom. The van der Waals surface area contributed by atoms with E-state index in [0.29, 0.717) is 5.84 Å². The normalized spacial score (nSPS) is 13.9. The summed E-state index contributed by atoms with van der Waals surface area (Å²) in [6, 6.07) is 93.9. The lowest BCUT2D eigenvalue weighted by Crippen LogP contribution is -2.33. The number of nitrogens with one attached hydrogen (secondary N) is 1. The van der Waals surface area contributed by atoms with Gasteiger partial charge >= 0.3 is 0 Å². The summed E-state index contributed by atoms with van der Waals surface area (Å²) >= 11 is 0. The SMILES string of the molecule is c1ccc(C2N=C(c3cccc(-n4c5ccccc5c5cc6c(cc54)c4ccccc4n6-c4ccccc4)c3)N=C(c3cccc(-n4c5ccccc5c5cc6c(cc54)c4ccccc4n6-c4ccccc4)c3)N2)cc1. The molecule has 1 aliphatic heterocycles. The summed E-state index contributed by atoms with van der Waals surface area (Å²) in [5.74, 6) is 1.42. The highest BCUT2D eigenvalue weighted by Gasteiger charge is 2.25. The molecule has 1 N–H and O–H groups in total.